The van der Waals surface area contributed by atoms with Gasteiger partial charge in [-0.2, -0.15) is 0 Å². The first-order chi connectivity index (χ1) is 28.4. The SMILES string of the molecule is CC(C)(C)c1cc2ccc3c(-c4ccccc4)cc(-c4cc(-c5cccc6c5oc5ccccc56)cc(-c5cccc6c5oc5ccccc56)c4)c4ccc(c1)c2c34. The van der Waals surface area contributed by atoms with Gasteiger partial charge >= 0.3 is 0 Å². The number of furan rings is 2. The Morgan fingerprint density at radius 2 is 0.793 bits per heavy atom. The minimum atomic E-state index is 0.0348. The largest absolute Gasteiger partial charge is 0.455 e. The first kappa shape index (κ1) is 33.0. The summed E-state index contributed by atoms with van der Waals surface area (Å²) in [4.78, 5) is 0. The molecule has 0 aliphatic heterocycles. The molecule has 0 saturated heterocycles. The fourth-order valence-electron chi connectivity index (χ4n) is 9.49. The molecule has 274 valence electrons. The van der Waals surface area contributed by atoms with Crippen LogP contribution in [0.4, 0.5) is 0 Å². The molecule has 58 heavy (non-hydrogen) atoms. The van der Waals surface area contributed by atoms with Gasteiger partial charge in [0, 0.05) is 32.7 Å². The zero-order chi connectivity index (χ0) is 38.7. The molecule has 0 atom stereocenters. The van der Waals surface area contributed by atoms with Crippen LogP contribution >= 0.6 is 0 Å². The summed E-state index contributed by atoms with van der Waals surface area (Å²) < 4.78 is 13.4. The topological polar surface area (TPSA) is 26.3 Å². The lowest BCUT2D eigenvalue weighted by Gasteiger charge is -2.23. The molecule has 0 aliphatic carbocycles. The molecule has 0 fully saturated rings. The first-order valence-corrected chi connectivity index (χ1v) is 20.2. The Hall–Kier alpha value is -7.16. The maximum Gasteiger partial charge on any atom is 0.143 e. The Balaban J connectivity index is 1.20. The third kappa shape index (κ3) is 4.91. The van der Waals surface area contributed by atoms with Crippen LogP contribution < -0.4 is 0 Å². The highest BCUT2D eigenvalue weighted by atomic mass is 16.3. The van der Waals surface area contributed by atoms with E-state index >= 15 is 0 Å². The molecule has 2 aromatic heterocycles. The Bertz CT molecular complexity index is 3440. The summed E-state index contributed by atoms with van der Waals surface area (Å²) in [6, 6.07) is 64.2. The highest BCUT2D eigenvalue weighted by molar-refractivity contribution is 6.28. The predicted molar refractivity (Wildman–Crippen MR) is 245 cm³/mol. The zero-order valence-corrected chi connectivity index (χ0v) is 32.6. The maximum atomic E-state index is 6.68. The molecule has 0 saturated carbocycles. The fraction of sp³-hybridized carbons (Fsp3) is 0.0714. The molecule has 0 spiro atoms. The molecule has 0 unspecified atom stereocenters. The molecule has 2 heterocycles. The Morgan fingerprint density at radius 3 is 1.33 bits per heavy atom. The third-order valence-corrected chi connectivity index (χ3v) is 12.3. The van der Waals surface area contributed by atoms with E-state index in [-0.39, 0.29) is 5.41 Å². The molecule has 12 aromatic rings. The van der Waals surface area contributed by atoms with Crippen molar-refractivity contribution in [3.8, 4) is 44.5 Å². The summed E-state index contributed by atoms with van der Waals surface area (Å²) in [7, 11) is 0. The molecule has 0 radical (unpaired) electrons. The van der Waals surface area contributed by atoms with Gasteiger partial charge in [0.05, 0.1) is 0 Å². The van der Waals surface area contributed by atoms with Crippen molar-refractivity contribution in [1.29, 1.82) is 0 Å². The number of hydrogen-bond donors (Lipinski definition) is 0. The van der Waals surface area contributed by atoms with Crippen molar-refractivity contribution in [1.82, 2.24) is 0 Å². The van der Waals surface area contributed by atoms with Crippen LogP contribution in [0.5, 0.6) is 0 Å². The van der Waals surface area contributed by atoms with Crippen LogP contribution in [0.25, 0.3) is 121 Å². The van der Waals surface area contributed by atoms with E-state index in [9.17, 15) is 0 Å². The van der Waals surface area contributed by atoms with Gasteiger partial charge in [-0.1, -0.05) is 160 Å². The Kier molecular flexibility index (Phi) is 6.93. The maximum absolute atomic E-state index is 6.68. The van der Waals surface area contributed by atoms with Crippen molar-refractivity contribution in [3.63, 3.8) is 0 Å². The molecule has 0 amide bonds. The Morgan fingerprint density at radius 1 is 0.328 bits per heavy atom. The summed E-state index contributed by atoms with van der Waals surface area (Å²) in [5.74, 6) is 0. The van der Waals surface area contributed by atoms with Crippen molar-refractivity contribution >= 4 is 76.2 Å². The average Bonchev–Trinajstić information content (AvgIpc) is 3.84. The van der Waals surface area contributed by atoms with Gasteiger partial charge in [-0.25, -0.2) is 0 Å². The molecule has 2 heteroatoms. The molecule has 0 aliphatic rings. The number of benzene rings is 10. The van der Waals surface area contributed by atoms with Crippen molar-refractivity contribution < 1.29 is 8.83 Å². The van der Waals surface area contributed by atoms with Gasteiger partial charge in [0.2, 0.25) is 0 Å². The summed E-state index contributed by atoms with van der Waals surface area (Å²) in [6.07, 6.45) is 0. The molecule has 12 rings (SSSR count). The minimum absolute atomic E-state index is 0.0348. The van der Waals surface area contributed by atoms with Gasteiger partial charge in [-0.15, -0.1) is 0 Å². The number of para-hydroxylation sites is 4. The van der Waals surface area contributed by atoms with E-state index in [1.165, 1.54) is 54.6 Å². The predicted octanol–water partition coefficient (Wildman–Crippen LogP) is 16.3. The number of fused-ring (bicyclic) bond motifs is 6. The molecule has 0 bridgehead atoms. The second kappa shape index (κ2) is 12.2. The van der Waals surface area contributed by atoms with E-state index in [2.05, 4.69) is 185 Å². The van der Waals surface area contributed by atoms with E-state index in [1.807, 2.05) is 12.1 Å². The van der Waals surface area contributed by atoms with E-state index in [0.29, 0.717) is 0 Å². The van der Waals surface area contributed by atoms with Crippen molar-refractivity contribution in [2.24, 2.45) is 0 Å². The van der Waals surface area contributed by atoms with Crippen LogP contribution in [0.15, 0.2) is 185 Å². The Labute approximate surface area is 335 Å². The third-order valence-electron chi connectivity index (χ3n) is 12.3. The summed E-state index contributed by atoms with van der Waals surface area (Å²) in [6.45, 7) is 6.90. The van der Waals surface area contributed by atoms with Crippen LogP contribution in [0.1, 0.15) is 26.3 Å². The second-order valence-corrected chi connectivity index (χ2v) is 16.8. The van der Waals surface area contributed by atoms with Crippen LogP contribution in [0, 0.1) is 0 Å². The monoisotopic (exact) mass is 742 g/mol. The van der Waals surface area contributed by atoms with Crippen molar-refractivity contribution in [3.05, 3.63) is 181 Å². The lowest BCUT2D eigenvalue weighted by Crippen LogP contribution is -2.10. The molecular formula is C56H38O2. The van der Waals surface area contributed by atoms with Crippen molar-refractivity contribution in [2.75, 3.05) is 0 Å². The van der Waals surface area contributed by atoms with Crippen LogP contribution in [0.3, 0.4) is 0 Å². The van der Waals surface area contributed by atoms with Crippen molar-refractivity contribution in [2.45, 2.75) is 26.2 Å². The fourth-order valence-corrected chi connectivity index (χ4v) is 9.49. The first-order valence-electron chi connectivity index (χ1n) is 20.2. The van der Waals surface area contributed by atoms with E-state index < -0.39 is 0 Å². The normalized spacial score (nSPS) is 12.4. The molecule has 0 N–H and O–H groups in total. The van der Waals surface area contributed by atoms with Gasteiger partial charge in [-0.3, -0.25) is 0 Å². The smallest absolute Gasteiger partial charge is 0.143 e. The van der Waals surface area contributed by atoms with Crippen LogP contribution in [-0.4, -0.2) is 0 Å². The van der Waals surface area contributed by atoms with Gasteiger partial charge < -0.3 is 8.83 Å². The van der Waals surface area contributed by atoms with Gasteiger partial charge in [-0.05, 0) is 113 Å². The summed E-state index contributed by atoms with van der Waals surface area (Å²) >= 11 is 0. The summed E-state index contributed by atoms with van der Waals surface area (Å²) in [5.41, 5.74) is 14.0. The van der Waals surface area contributed by atoms with Gasteiger partial charge in [0.25, 0.3) is 0 Å². The quantitative estimate of drug-likeness (QED) is 0.168. The molecule has 2 nitrogen and oxygen atoms in total. The lowest BCUT2D eigenvalue weighted by molar-refractivity contribution is 0.591. The van der Waals surface area contributed by atoms with Crippen LogP contribution in [0.2, 0.25) is 0 Å². The zero-order valence-electron chi connectivity index (χ0n) is 32.6. The highest BCUT2D eigenvalue weighted by Crippen LogP contribution is 2.48. The highest BCUT2D eigenvalue weighted by Gasteiger charge is 2.22. The van der Waals surface area contributed by atoms with Crippen LogP contribution in [-0.2, 0) is 5.41 Å². The number of hydrogen-bond acceptors (Lipinski definition) is 2. The molecular weight excluding hydrogens is 705 g/mol. The molecule has 10 aromatic carbocycles. The standard InChI is InChI=1S/C56H38O2/c1-56(2,3)39-30-34-23-25-44-48(33-13-5-4-6-14-33)32-49(45-26-24-35(31-39)52(34)53(44)45)38-28-36(40-17-11-19-46-42-15-7-9-21-50(42)57-54(40)46)27-37(29-38)41-18-12-20-47-43-16-8-10-22-51(43)58-55(41)47/h4-32H,1-3H3. The van der Waals surface area contributed by atoms with E-state index in [4.69, 9.17) is 8.83 Å². The van der Waals surface area contributed by atoms with Gasteiger partial charge in [0.1, 0.15) is 22.3 Å². The van der Waals surface area contributed by atoms with Gasteiger partial charge in [0.15, 0.2) is 0 Å². The average molecular weight is 743 g/mol. The van der Waals surface area contributed by atoms with E-state index in [0.717, 1.165) is 71.7 Å². The number of rotatable bonds is 4. The summed E-state index contributed by atoms with van der Waals surface area (Å²) in [5, 5.41) is 12.2. The lowest BCUT2D eigenvalue weighted by atomic mass is 9.81. The second-order valence-electron chi connectivity index (χ2n) is 16.8. The van der Waals surface area contributed by atoms with E-state index in [1.54, 1.807) is 0 Å². The minimum Gasteiger partial charge on any atom is -0.455 e.